The van der Waals surface area contributed by atoms with Crippen LogP contribution >= 0.6 is 0 Å². The largest absolute Gasteiger partial charge is 0.504 e. The van der Waals surface area contributed by atoms with E-state index in [0.717, 1.165) is 45.7 Å². The van der Waals surface area contributed by atoms with E-state index in [0.29, 0.717) is 11.8 Å². The Hall–Kier alpha value is -1.30. The number of benzene rings is 1. The summed E-state index contributed by atoms with van der Waals surface area (Å²) in [7, 11) is 3.75. The van der Waals surface area contributed by atoms with Crippen LogP contribution in [0.3, 0.4) is 0 Å². The Morgan fingerprint density at radius 1 is 1.35 bits per heavy atom. The van der Waals surface area contributed by atoms with Crippen LogP contribution < -0.4 is 10.1 Å². The Kier molecular flexibility index (Phi) is 6.69. The number of nitrogens with zero attached hydrogens (tertiary/aromatic N) is 2. The molecule has 5 heteroatoms. The fourth-order valence-electron chi connectivity index (χ4n) is 3.29. The molecule has 1 aromatic rings. The number of likely N-dealkylation sites (N-methyl/N-ethyl adjacent to an activating group) is 2. The van der Waals surface area contributed by atoms with Crippen molar-refractivity contribution >= 4 is 0 Å². The van der Waals surface area contributed by atoms with Gasteiger partial charge in [0.05, 0.1) is 7.11 Å². The maximum Gasteiger partial charge on any atom is 0.160 e. The molecule has 23 heavy (non-hydrogen) atoms. The normalized spacial score (nSPS) is 18.2. The molecule has 0 fully saturated rings. The highest BCUT2D eigenvalue weighted by molar-refractivity contribution is 5.48. The van der Waals surface area contributed by atoms with Crippen LogP contribution in [-0.4, -0.2) is 68.3 Å². The van der Waals surface area contributed by atoms with Crippen molar-refractivity contribution in [2.45, 2.75) is 26.3 Å². The van der Waals surface area contributed by atoms with Crippen LogP contribution in [0.5, 0.6) is 11.5 Å². The third kappa shape index (κ3) is 4.37. The Morgan fingerprint density at radius 2 is 2.09 bits per heavy atom. The maximum absolute atomic E-state index is 10.1. The fraction of sp³-hybridized carbons (Fsp3) is 0.667. The first-order valence-electron chi connectivity index (χ1n) is 8.63. The molecule has 0 aromatic heterocycles. The molecule has 0 saturated carbocycles. The number of ether oxygens (including phenoxy) is 1. The molecular weight excluding hydrogens is 290 g/mol. The van der Waals surface area contributed by atoms with E-state index >= 15 is 0 Å². The number of aromatic hydroxyl groups is 1. The van der Waals surface area contributed by atoms with Crippen LogP contribution in [-0.2, 0) is 6.42 Å². The van der Waals surface area contributed by atoms with E-state index in [1.54, 1.807) is 7.11 Å². The minimum absolute atomic E-state index is 0.231. The number of hydrogen-bond acceptors (Lipinski definition) is 5. The maximum atomic E-state index is 10.1. The number of hydrogen-bond donors (Lipinski definition) is 2. The average molecular weight is 321 g/mol. The van der Waals surface area contributed by atoms with Crippen molar-refractivity contribution in [3.63, 3.8) is 0 Å². The third-order valence-electron chi connectivity index (χ3n) is 4.90. The molecule has 1 atom stereocenters. The van der Waals surface area contributed by atoms with Crippen LogP contribution in [0.2, 0.25) is 0 Å². The van der Waals surface area contributed by atoms with Crippen molar-refractivity contribution in [3.8, 4) is 11.5 Å². The molecule has 1 heterocycles. The molecule has 0 amide bonds. The van der Waals surface area contributed by atoms with Gasteiger partial charge in [-0.15, -0.1) is 0 Å². The summed E-state index contributed by atoms with van der Waals surface area (Å²) in [6.45, 7) is 10.6. The van der Waals surface area contributed by atoms with Gasteiger partial charge < -0.3 is 20.1 Å². The summed E-state index contributed by atoms with van der Waals surface area (Å²) in [6, 6.07) is 4.16. The summed E-state index contributed by atoms with van der Waals surface area (Å²) < 4.78 is 5.24. The smallest absolute Gasteiger partial charge is 0.160 e. The van der Waals surface area contributed by atoms with Gasteiger partial charge in [-0.05, 0) is 49.8 Å². The standard InChI is InChI=1S/C18H31N3O2/c1-5-21(6-2)10-8-19-13-16-15-12-17(22)18(23-4)11-14(15)7-9-20(16)3/h11-12,16,19,22H,5-10,13H2,1-4H3/t16-/m1/s1. The first kappa shape index (κ1) is 18.0. The second-order valence-corrected chi connectivity index (χ2v) is 6.20. The molecule has 2 N–H and O–H groups in total. The lowest BCUT2D eigenvalue weighted by Gasteiger charge is -2.35. The van der Waals surface area contributed by atoms with Crippen molar-refractivity contribution in [1.82, 2.24) is 15.1 Å². The molecule has 0 radical (unpaired) electrons. The zero-order valence-electron chi connectivity index (χ0n) is 14.9. The van der Waals surface area contributed by atoms with E-state index in [1.807, 2.05) is 12.1 Å². The van der Waals surface area contributed by atoms with E-state index in [-0.39, 0.29) is 5.75 Å². The van der Waals surface area contributed by atoms with Gasteiger partial charge >= 0.3 is 0 Å². The predicted octanol–water partition coefficient (Wildman–Crippen LogP) is 1.86. The summed E-state index contributed by atoms with van der Waals surface area (Å²) >= 11 is 0. The van der Waals surface area contributed by atoms with Crippen molar-refractivity contribution in [3.05, 3.63) is 23.3 Å². The predicted molar refractivity (Wildman–Crippen MR) is 94.4 cm³/mol. The van der Waals surface area contributed by atoms with Crippen LogP contribution in [0, 0.1) is 0 Å². The topological polar surface area (TPSA) is 48.0 Å². The molecule has 0 bridgehead atoms. The van der Waals surface area contributed by atoms with Gasteiger partial charge in [0.15, 0.2) is 11.5 Å². The number of rotatable bonds is 8. The van der Waals surface area contributed by atoms with Gasteiger partial charge in [-0.1, -0.05) is 13.8 Å². The first-order chi connectivity index (χ1) is 11.1. The average Bonchev–Trinajstić information content (AvgIpc) is 2.56. The zero-order chi connectivity index (χ0) is 16.8. The second kappa shape index (κ2) is 8.52. The minimum Gasteiger partial charge on any atom is -0.504 e. The van der Waals surface area contributed by atoms with Gasteiger partial charge in [-0.25, -0.2) is 0 Å². The summed E-state index contributed by atoms with van der Waals surface area (Å²) in [5.74, 6) is 0.802. The van der Waals surface area contributed by atoms with E-state index in [4.69, 9.17) is 4.74 Å². The second-order valence-electron chi connectivity index (χ2n) is 6.20. The fourth-order valence-corrected chi connectivity index (χ4v) is 3.29. The number of phenolic OH excluding ortho intramolecular Hbond substituents is 1. The minimum atomic E-state index is 0.231. The highest BCUT2D eigenvalue weighted by atomic mass is 16.5. The van der Waals surface area contributed by atoms with Crippen LogP contribution in [0.15, 0.2) is 12.1 Å². The lowest BCUT2D eigenvalue weighted by Crippen LogP contribution is -2.40. The molecule has 0 aliphatic carbocycles. The summed E-state index contributed by atoms with van der Waals surface area (Å²) in [4.78, 5) is 4.78. The molecule has 0 saturated heterocycles. The van der Waals surface area contributed by atoms with Gasteiger partial charge in [-0.2, -0.15) is 0 Å². The number of phenols is 1. The van der Waals surface area contributed by atoms with Crippen LogP contribution in [0.1, 0.15) is 31.0 Å². The molecule has 2 rings (SSSR count). The van der Waals surface area contributed by atoms with Crippen LogP contribution in [0.4, 0.5) is 0 Å². The Balaban J connectivity index is 2.01. The highest BCUT2D eigenvalue weighted by Crippen LogP contribution is 2.36. The lowest BCUT2D eigenvalue weighted by molar-refractivity contribution is 0.219. The zero-order valence-corrected chi connectivity index (χ0v) is 14.9. The molecular formula is C18H31N3O2. The van der Waals surface area contributed by atoms with Crippen molar-refractivity contribution in [2.24, 2.45) is 0 Å². The van der Waals surface area contributed by atoms with Crippen molar-refractivity contribution < 1.29 is 9.84 Å². The van der Waals surface area contributed by atoms with E-state index in [9.17, 15) is 5.11 Å². The molecule has 1 aromatic carbocycles. The van der Waals surface area contributed by atoms with Gasteiger partial charge in [0.1, 0.15) is 0 Å². The highest BCUT2D eigenvalue weighted by Gasteiger charge is 2.26. The number of methoxy groups -OCH3 is 1. The first-order valence-corrected chi connectivity index (χ1v) is 8.63. The van der Waals surface area contributed by atoms with Gasteiger partial charge in [-0.3, -0.25) is 4.90 Å². The Bertz CT molecular complexity index is 503. The number of nitrogens with one attached hydrogen (secondary N) is 1. The van der Waals surface area contributed by atoms with Crippen molar-refractivity contribution in [1.29, 1.82) is 0 Å². The summed E-state index contributed by atoms with van der Waals surface area (Å²) in [5, 5.41) is 13.7. The molecule has 0 spiro atoms. The molecule has 130 valence electrons. The van der Waals surface area contributed by atoms with E-state index in [1.165, 1.54) is 11.1 Å². The molecule has 0 unspecified atom stereocenters. The van der Waals surface area contributed by atoms with E-state index in [2.05, 4.69) is 36.0 Å². The Morgan fingerprint density at radius 3 is 2.74 bits per heavy atom. The monoisotopic (exact) mass is 321 g/mol. The van der Waals surface area contributed by atoms with Gasteiger partial charge in [0.2, 0.25) is 0 Å². The van der Waals surface area contributed by atoms with Gasteiger partial charge in [0.25, 0.3) is 0 Å². The van der Waals surface area contributed by atoms with E-state index < -0.39 is 0 Å². The quantitative estimate of drug-likeness (QED) is 0.716. The molecule has 5 nitrogen and oxygen atoms in total. The van der Waals surface area contributed by atoms with Crippen LogP contribution in [0.25, 0.3) is 0 Å². The molecule has 1 aliphatic rings. The molecule has 1 aliphatic heterocycles. The summed E-state index contributed by atoms with van der Waals surface area (Å²) in [6.07, 6.45) is 0.998. The number of fused-ring (bicyclic) bond motifs is 1. The summed E-state index contributed by atoms with van der Waals surface area (Å²) in [5.41, 5.74) is 2.50. The SMILES string of the molecule is CCN(CC)CCNC[C@@H]1c2cc(O)c(OC)cc2CCN1C. The Labute approximate surface area is 140 Å². The van der Waals surface area contributed by atoms with Gasteiger partial charge in [0, 0.05) is 32.2 Å². The lowest BCUT2D eigenvalue weighted by atomic mass is 9.92. The third-order valence-corrected chi connectivity index (χ3v) is 4.90. The van der Waals surface area contributed by atoms with Crippen molar-refractivity contribution in [2.75, 3.05) is 53.4 Å².